The molecule has 0 unspecified atom stereocenters. The number of rotatable bonds is 3. The Bertz CT molecular complexity index is 247. The predicted octanol–water partition coefficient (Wildman–Crippen LogP) is 0.961. The third-order valence-electron chi connectivity index (χ3n) is 1.51. The van der Waals surface area contributed by atoms with Crippen molar-refractivity contribution >= 4 is 5.82 Å². The normalized spacial score (nSPS) is 10.3. The quantitative estimate of drug-likeness (QED) is 0.518. The zero-order chi connectivity index (χ0) is 8.97. The highest BCUT2D eigenvalue weighted by molar-refractivity contribution is 5.37. The Morgan fingerprint density at radius 2 is 2.08 bits per heavy atom. The molecule has 0 aliphatic heterocycles. The van der Waals surface area contributed by atoms with Gasteiger partial charge in [-0.15, -0.1) is 0 Å². The second-order valence-corrected chi connectivity index (χ2v) is 3.09. The van der Waals surface area contributed by atoms with Crippen LogP contribution in [0.25, 0.3) is 0 Å². The van der Waals surface area contributed by atoms with Gasteiger partial charge < -0.3 is 5.43 Å². The van der Waals surface area contributed by atoms with Crippen LogP contribution >= 0.6 is 0 Å². The zero-order valence-electron chi connectivity index (χ0n) is 7.41. The van der Waals surface area contributed by atoms with Gasteiger partial charge >= 0.3 is 0 Å². The SMILES string of the molecule is CC(C)Cc1nccnc1NN. The number of hydrogen-bond acceptors (Lipinski definition) is 4. The van der Waals surface area contributed by atoms with Gasteiger partial charge in [0.25, 0.3) is 0 Å². The smallest absolute Gasteiger partial charge is 0.161 e. The van der Waals surface area contributed by atoms with Crippen LogP contribution in [0.15, 0.2) is 12.4 Å². The number of hydrogen-bond donors (Lipinski definition) is 2. The zero-order valence-corrected chi connectivity index (χ0v) is 7.41. The highest BCUT2D eigenvalue weighted by Gasteiger charge is 2.04. The lowest BCUT2D eigenvalue weighted by Crippen LogP contribution is -2.13. The van der Waals surface area contributed by atoms with Crippen LogP contribution in [-0.4, -0.2) is 9.97 Å². The number of nitrogens with one attached hydrogen (secondary N) is 1. The van der Waals surface area contributed by atoms with E-state index in [2.05, 4.69) is 29.2 Å². The van der Waals surface area contributed by atoms with Crippen molar-refractivity contribution in [2.24, 2.45) is 11.8 Å². The Hall–Kier alpha value is -1.16. The monoisotopic (exact) mass is 166 g/mol. The van der Waals surface area contributed by atoms with Crippen molar-refractivity contribution in [2.45, 2.75) is 20.3 Å². The second-order valence-electron chi connectivity index (χ2n) is 3.09. The van der Waals surface area contributed by atoms with Gasteiger partial charge in [0, 0.05) is 12.4 Å². The molecule has 4 heteroatoms. The largest absolute Gasteiger partial charge is 0.307 e. The molecule has 0 aliphatic rings. The highest BCUT2D eigenvalue weighted by atomic mass is 15.3. The molecule has 0 saturated heterocycles. The van der Waals surface area contributed by atoms with E-state index in [-0.39, 0.29) is 0 Å². The van der Waals surface area contributed by atoms with E-state index in [4.69, 9.17) is 5.84 Å². The lowest BCUT2D eigenvalue weighted by atomic mass is 10.1. The van der Waals surface area contributed by atoms with Gasteiger partial charge in [-0.2, -0.15) is 0 Å². The summed E-state index contributed by atoms with van der Waals surface area (Å²) in [6.45, 7) is 4.27. The summed E-state index contributed by atoms with van der Waals surface area (Å²) < 4.78 is 0. The minimum absolute atomic E-state index is 0.564. The molecule has 0 saturated carbocycles. The number of aromatic nitrogens is 2. The van der Waals surface area contributed by atoms with Gasteiger partial charge in [0.1, 0.15) is 0 Å². The Balaban J connectivity index is 2.82. The number of anilines is 1. The standard InChI is InChI=1S/C8H14N4/c1-6(2)5-7-8(12-9)11-4-3-10-7/h3-4,6H,5,9H2,1-2H3,(H,11,12). The molecule has 4 nitrogen and oxygen atoms in total. The van der Waals surface area contributed by atoms with Crippen molar-refractivity contribution < 1.29 is 0 Å². The molecule has 1 heterocycles. The molecule has 0 fully saturated rings. The fourth-order valence-corrected chi connectivity index (χ4v) is 1.02. The molecule has 0 atom stereocenters. The third kappa shape index (κ3) is 2.17. The molecule has 0 aromatic carbocycles. The Morgan fingerprint density at radius 3 is 2.67 bits per heavy atom. The van der Waals surface area contributed by atoms with Crippen LogP contribution in [0.5, 0.6) is 0 Å². The summed E-state index contributed by atoms with van der Waals surface area (Å²) in [5.74, 6) is 6.51. The first-order valence-electron chi connectivity index (χ1n) is 4.00. The molecule has 0 radical (unpaired) electrons. The fraction of sp³-hybridized carbons (Fsp3) is 0.500. The van der Waals surface area contributed by atoms with Gasteiger partial charge in [0.2, 0.25) is 0 Å². The molecule has 0 aliphatic carbocycles. The van der Waals surface area contributed by atoms with Gasteiger partial charge in [-0.1, -0.05) is 13.8 Å². The summed E-state index contributed by atoms with van der Waals surface area (Å²) in [5.41, 5.74) is 3.45. The van der Waals surface area contributed by atoms with E-state index in [1.807, 2.05) is 0 Å². The molecule has 1 rings (SSSR count). The first-order chi connectivity index (χ1) is 5.74. The van der Waals surface area contributed by atoms with Crippen molar-refractivity contribution in [1.82, 2.24) is 9.97 Å². The van der Waals surface area contributed by atoms with E-state index in [1.54, 1.807) is 12.4 Å². The molecule has 1 aromatic heterocycles. The maximum Gasteiger partial charge on any atom is 0.161 e. The van der Waals surface area contributed by atoms with Crippen LogP contribution in [0.3, 0.4) is 0 Å². The lowest BCUT2D eigenvalue weighted by molar-refractivity contribution is 0.634. The first kappa shape index (κ1) is 8.93. The topological polar surface area (TPSA) is 63.8 Å². The lowest BCUT2D eigenvalue weighted by Gasteiger charge is -2.07. The van der Waals surface area contributed by atoms with Crippen molar-refractivity contribution in [1.29, 1.82) is 0 Å². The van der Waals surface area contributed by atoms with E-state index in [1.165, 1.54) is 0 Å². The Kier molecular flexibility index (Phi) is 2.99. The average Bonchev–Trinajstić information content (AvgIpc) is 2.04. The summed E-state index contributed by atoms with van der Waals surface area (Å²) in [4.78, 5) is 8.24. The summed E-state index contributed by atoms with van der Waals surface area (Å²) in [7, 11) is 0. The van der Waals surface area contributed by atoms with Gasteiger partial charge in [-0.3, -0.25) is 4.98 Å². The van der Waals surface area contributed by atoms with Gasteiger partial charge in [0.05, 0.1) is 5.69 Å². The number of nitrogen functional groups attached to an aromatic ring is 1. The fourth-order valence-electron chi connectivity index (χ4n) is 1.02. The van der Waals surface area contributed by atoms with Crippen LogP contribution < -0.4 is 11.3 Å². The van der Waals surface area contributed by atoms with E-state index >= 15 is 0 Å². The van der Waals surface area contributed by atoms with Crippen LogP contribution in [0, 0.1) is 5.92 Å². The van der Waals surface area contributed by atoms with Crippen molar-refractivity contribution in [2.75, 3.05) is 5.43 Å². The van der Waals surface area contributed by atoms with Crippen molar-refractivity contribution in [3.05, 3.63) is 18.1 Å². The molecule has 3 N–H and O–H groups in total. The summed E-state index contributed by atoms with van der Waals surface area (Å²) in [6, 6.07) is 0. The summed E-state index contributed by atoms with van der Waals surface area (Å²) in [5, 5.41) is 0. The van der Waals surface area contributed by atoms with Crippen molar-refractivity contribution in [3.63, 3.8) is 0 Å². The molecule has 0 spiro atoms. The maximum absolute atomic E-state index is 5.27. The van der Waals surface area contributed by atoms with E-state index in [9.17, 15) is 0 Å². The maximum atomic E-state index is 5.27. The second kappa shape index (κ2) is 4.01. The van der Waals surface area contributed by atoms with Crippen LogP contribution in [0.2, 0.25) is 0 Å². The Morgan fingerprint density at radius 1 is 1.42 bits per heavy atom. The van der Waals surface area contributed by atoms with Crippen LogP contribution in [-0.2, 0) is 6.42 Å². The first-order valence-corrected chi connectivity index (χ1v) is 4.00. The summed E-state index contributed by atoms with van der Waals surface area (Å²) >= 11 is 0. The van der Waals surface area contributed by atoms with Gasteiger partial charge in [-0.25, -0.2) is 10.8 Å². The molecular formula is C8H14N4. The van der Waals surface area contributed by atoms with Gasteiger partial charge in [0.15, 0.2) is 5.82 Å². The molecule has 12 heavy (non-hydrogen) atoms. The van der Waals surface area contributed by atoms with E-state index < -0.39 is 0 Å². The van der Waals surface area contributed by atoms with Crippen molar-refractivity contribution in [3.8, 4) is 0 Å². The minimum Gasteiger partial charge on any atom is -0.307 e. The molecule has 1 aromatic rings. The van der Waals surface area contributed by atoms with Gasteiger partial charge in [-0.05, 0) is 12.3 Å². The number of nitrogens with two attached hydrogens (primary N) is 1. The Labute approximate surface area is 72.2 Å². The predicted molar refractivity (Wildman–Crippen MR) is 48.4 cm³/mol. The molecule has 0 bridgehead atoms. The number of nitrogens with zero attached hydrogens (tertiary/aromatic N) is 2. The van der Waals surface area contributed by atoms with E-state index in [0.29, 0.717) is 11.7 Å². The highest BCUT2D eigenvalue weighted by Crippen LogP contribution is 2.11. The minimum atomic E-state index is 0.564. The van der Waals surface area contributed by atoms with Crippen LogP contribution in [0.1, 0.15) is 19.5 Å². The molecular weight excluding hydrogens is 152 g/mol. The number of hydrazine groups is 1. The molecule has 66 valence electrons. The molecule has 0 amide bonds. The van der Waals surface area contributed by atoms with Crippen LogP contribution in [0.4, 0.5) is 5.82 Å². The summed E-state index contributed by atoms with van der Waals surface area (Å²) in [6.07, 6.45) is 4.20. The third-order valence-corrected chi connectivity index (χ3v) is 1.51. The van der Waals surface area contributed by atoms with E-state index in [0.717, 1.165) is 12.1 Å². The average molecular weight is 166 g/mol.